The van der Waals surface area contributed by atoms with Crippen LogP contribution in [0.2, 0.25) is 0 Å². The first-order chi connectivity index (χ1) is 12.9. The molecule has 1 heterocycles. The van der Waals surface area contributed by atoms with E-state index >= 15 is 0 Å². The lowest BCUT2D eigenvalue weighted by molar-refractivity contribution is -0.137. The fraction of sp³-hybridized carbons (Fsp3) is 0.526. The van der Waals surface area contributed by atoms with Gasteiger partial charge >= 0.3 is 6.18 Å². The molecule has 0 aliphatic rings. The van der Waals surface area contributed by atoms with Crippen molar-refractivity contribution in [1.82, 2.24) is 10.2 Å². The summed E-state index contributed by atoms with van der Waals surface area (Å²) in [6.45, 7) is 8.49. The molecule has 9 heteroatoms. The smallest absolute Gasteiger partial charge is 0.300 e. The van der Waals surface area contributed by atoms with Crippen LogP contribution in [0.4, 0.5) is 18.3 Å². The van der Waals surface area contributed by atoms with Crippen LogP contribution in [0.15, 0.2) is 28.6 Å². The number of anilines is 1. The van der Waals surface area contributed by atoms with Gasteiger partial charge in [0, 0.05) is 12.2 Å². The van der Waals surface area contributed by atoms with Crippen LogP contribution in [-0.4, -0.2) is 16.1 Å². The van der Waals surface area contributed by atoms with Crippen molar-refractivity contribution in [2.24, 2.45) is 11.3 Å². The molecule has 1 amide bonds. The van der Waals surface area contributed by atoms with Gasteiger partial charge in [-0.2, -0.15) is 13.2 Å². The van der Waals surface area contributed by atoms with Gasteiger partial charge in [0.15, 0.2) is 4.34 Å². The van der Waals surface area contributed by atoms with Crippen LogP contribution < -0.4 is 5.32 Å². The first-order valence-corrected chi connectivity index (χ1v) is 10.6. The molecule has 0 fully saturated rings. The van der Waals surface area contributed by atoms with Crippen molar-refractivity contribution < 1.29 is 18.0 Å². The van der Waals surface area contributed by atoms with Gasteiger partial charge < -0.3 is 5.32 Å². The number of halogens is 3. The van der Waals surface area contributed by atoms with Crippen LogP contribution in [0.5, 0.6) is 0 Å². The highest BCUT2D eigenvalue weighted by Crippen LogP contribution is 2.32. The molecule has 0 aliphatic heterocycles. The Labute approximate surface area is 171 Å². The number of thioether (sulfide) groups is 1. The molecule has 2 aromatic rings. The summed E-state index contributed by atoms with van der Waals surface area (Å²) in [6, 6.07) is 5.05. The van der Waals surface area contributed by atoms with Crippen molar-refractivity contribution in [3.8, 4) is 0 Å². The maximum atomic E-state index is 12.6. The number of hydrogen-bond acceptors (Lipinski definition) is 5. The summed E-state index contributed by atoms with van der Waals surface area (Å²) in [6.07, 6.45) is -2.96. The Morgan fingerprint density at radius 2 is 1.82 bits per heavy atom. The highest BCUT2D eigenvalue weighted by atomic mass is 32.2. The highest BCUT2D eigenvalue weighted by Gasteiger charge is 2.29. The van der Waals surface area contributed by atoms with Gasteiger partial charge in [-0.25, -0.2) is 0 Å². The van der Waals surface area contributed by atoms with Gasteiger partial charge in [0.25, 0.3) is 0 Å². The molecule has 0 bridgehead atoms. The standard InChI is InChI=1S/C19H24F3N3OS2/c1-12(10-18(2,3)4)9-15(26)23-16-24-25-17(28-16)27-11-13-5-7-14(8-6-13)19(20,21)22/h5-8,12H,9-11H2,1-4H3,(H,23,24,26)/t12-/m1/s1. The maximum Gasteiger partial charge on any atom is 0.416 e. The summed E-state index contributed by atoms with van der Waals surface area (Å²) < 4.78 is 38.4. The number of carbonyl (C=O) groups is 1. The van der Waals surface area contributed by atoms with E-state index in [1.54, 1.807) is 0 Å². The van der Waals surface area contributed by atoms with E-state index in [9.17, 15) is 18.0 Å². The lowest BCUT2D eigenvalue weighted by Crippen LogP contribution is -2.18. The van der Waals surface area contributed by atoms with E-state index in [0.29, 0.717) is 21.6 Å². The number of alkyl halides is 3. The number of amides is 1. The van der Waals surface area contributed by atoms with E-state index in [1.807, 2.05) is 0 Å². The number of rotatable bonds is 7. The summed E-state index contributed by atoms with van der Waals surface area (Å²) in [5.41, 5.74) is 0.266. The number of nitrogens with zero attached hydrogens (tertiary/aromatic N) is 2. The van der Waals surface area contributed by atoms with Gasteiger partial charge in [0.05, 0.1) is 5.56 Å². The minimum atomic E-state index is -4.33. The monoisotopic (exact) mass is 431 g/mol. The summed E-state index contributed by atoms with van der Waals surface area (Å²) in [7, 11) is 0. The van der Waals surface area contributed by atoms with Crippen LogP contribution in [0.25, 0.3) is 0 Å². The van der Waals surface area contributed by atoms with Crippen LogP contribution >= 0.6 is 23.1 Å². The van der Waals surface area contributed by atoms with E-state index in [0.717, 1.165) is 24.1 Å². The van der Waals surface area contributed by atoms with Crippen molar-refractivity contribution in [3.05, 3.63) is 35.4 Å². The molecule has 1 aromatic heterocycles. The summed E-state index contributed by atoms with van der Waals surface area (Å²) in [5, 5.41) is 11.2. The first kappa shape index (κ1) is 22.7. The van der Waals surface area contributed by atoms with Crippen LogP contribution in [0.3, 0.4) is 0 Å². The zero-order valence-corrected chi connectivity index (χ0v) is 17.9. The highest BCUT2D eigenvalue weighted by molar-refractivity contribution is 8.00. The molecule has 0 unspecified atom stereocenters. The maximum absolute atomic E-state index is 12.6. The molecule has 0 spiro atoms. The van der Waals surface area contributed by atoms with Gasteiger partial charge in [-0.15, -0.1) is 10.2 Å². The Balaban J connectivity index is 1.83. The quantitative estimate of drug-likeness (QED) is 0.416. The second kappa shape index (κ2) is 9.26. The Morgan fingerprint density at radius 1 is 1.18 bits per heavy atom. The molecule has 154 valence electrons. The predicted molar refractivity (Wildman–Crippen MR) is 107 cm³/mol. The number of hydrogen-bond donors (Lipinski definition) is 1. The van der Waals surface area contributed by atoms with Crippen molar-refractivity contribution in [3.63, 3.8) is 0 Å². The van der Waals surface area contributed by atoms with E-state index in [2.05, 4.69) is 43.2 Å². The second-order valence-electron chi connectivity index (χ2n) is 7.98. The fourth-order valence-electron chi connectivity index (χ4n) is 2.86. The van der Waals surface area contributed by atoms with Gasteiger partial charge in [-0.05, 0) is 35.4 Å². The topological polar surface area (TPSA) is 54.9 Å². The van der Waals surface area contributed by atoms with E-state index in [-0.39, 0.29) is 17.2 Å². The van der Waals surface area contributed by atoms with Gasteiger partial charge in [0.1, 0.15) is 0 Å². The predicted octanol–water partition coefficient (Wildman–Crippen LogP) is 6.25. The SMILES string of the molecule is C[C@H](CC(=O)Nc1nnc(SCc2ccc(C(F)(F)F)cc2)s1)CC(C)(C)C. The van der Waals surface area contributed by atoms with E-state index < -0.39 is 11.7 Å². The minimum absolute atomic E-state index is 0.0906. The Kier molecular flexibility index (Phi) is 7.50. The van der Waals surface area contributed by atoms with E-state index in [4.69, 9.17) is 0 Å². The molecule has 0 radical (unpaired) electrons. The van der Waals surface area contributed by atoms with Crippen LogP contribution in [-0.2, 0) is 16.7 Å². The number of nitrogens with one attached hydrogen (secondary N) is 1. The summed E-state index contributed by atoms with van der Waals surface area (Å²) in [4.78, 5) is 12.1. The Hall–Kier alpha value is -1.61. The normalized spacial score (nSPS) is 13.4. The summed E-state index contributed by atoms with van der Waals surface area (Å²) >= 11 is 2.63. The lowest BCUT2D eigenvalue weighted by atomic mass is 9.84. The van der Waals surface area contributed by atoms with Crippen LogP contribution in [0.1, 0.15) is 51.7 Å². The number of carbonyl (C=O) groups excluding carboxylic acids is 1. The first-order valence-electron chi connectivity index (χ1n) is 8.85. The molecule has 2 rings (SSSR count). The third-order valence-electron chi connectivity index (χ3n) is 3.79. The lowest BCUT2D eigenvalue weighted by Gasteiger charge is -2.22. The van der Waals surface area contributed by atoms with Crippen molar-refractivity contribution >= 4 is 34.1 Å². The molecular formula is C19H24F3N3OS2. The van der Waals surface area contributed by atoms with E-state index in [1.165, 1.54) is 35.2 Å². The third kappa shape index (κ3) is 7.79. The summed E-state index contributed by atoms with van der Waals surface area (Å²) in [5.74, 6) is 0.650. The molecule has 0 saturated carbocycles. The second-order valence-corrected chi connectivity index (χ2v) is 10.2. The zero-order chi connectivity index (χ0) is 20.9. The molecule has 1 atom stereocenters. The number of benzene rings is 1. The van der Waals surface area contributed by atoms with Gasteiger partial charge in [-0.3, -0.25) is 4.79 Å². The molecule has 1 aromatic carbocycles. The zero-order valence-electron chi connectivity index (χ0n) is 16.3. The number of aromatic nitrogens is 2. The van der Waals surface area contributed by atoms with Crippen molar-refractivity contribution in [2.75, 3.05) is 5.32 Å². The Bertz CT molecular complexity index is 783. The average Bonchev–Trinajstić information content (AvgIpc) is 2.97. The average molecular weight is 432 g/mol. The molecule has 28 heavy (non-hydrogen) atoms. The molecule has 0 aliphatic carbocycles. The fourth-order valence-corrected chi connectivity index (χ4v) is 4.58. The van der Waals surface area contributed by atoms with Crippen LogP contribution in [0, 0.1) is 11.3 Å². The minimum Gasteiger partial charge on any atom is -0.300 e. The van der Waals surface area contributed by atoms with Gasteiger partial charge in [-0.1, -0.05) is 62.9 Å². The molecule has 4 nitrogen and oxygen atoms in total. The Morgan fingerprint density at radius 3 is 2.39 bits per heavy atom. The van der Waals surface area contributed by atoms with Gasteiger partial charge in [0.2, 0.25) is 11.0 Å². The van der Waals surface area contributed by atoms with Crippen molar-refractivity contribution in [2.45, 2.75) is 56.8 Å². The molecule has 0 saturated heterocycles. The third-order valence-corrected chi connectivity index (χ3v) is 5.83. The van der Waals surface area contributed by atoms with Crippen molar-refractivity contribution in [1.29, 1.82) is 0 Å². The molecular weight excluding hydrogens is 407 g/mol. The largest absolute Gasteiger partial charge is 0.416 e. The molecule has 1 N–H and O–H groups in total.